The number of benzene rings is 1. The smallest absolute Gasteiger partial charge is 0.274 e. The Morgan fingerprint density at radius 1 is 1.09 bits per heavy atom. The van der Waals surface area contributed by atoms with Crippen LogP contribution < -0.4 is 26.0 Å². The standard InChI is InChI=1S/C35H40ClN7O4/c1-21-25(6-5-7-27(21)42-33(45)29-11-8-22(17-40-29)16-38-20-35(2,3)46)32-31(36)26(14-15-39-32)28-12-9-23(34(43-28)47-4)18-37-19-24-10-13-30(44)41-24/h5-9,11-12,14-15,17,24,37-38,46H,10,13,16,18-20H2,1-4H3,(H,41,44)(H,42,45)/t24-/m0/s1. The number of ether oxygens (including phenoxy) is 1. The summed E-state index contributed by atoms with van der Waals surface area (Å²) in [4.78, 5) is 38.2. The van der Waals surface area contributed by atoms with Crippen molar-refractivity contribution < 1.29 is 19.4 Å². The van der Waals surface area contributed by atoms with Crippen LogP contribution in [0.5, 0.6) is 5.88 Å². The van der Waals surface area contributed by atoms with Gasteiger partial charge in [0.15, 0.2) is 0 Å². The van der Waals surface area contributed by atoms with Gasteiger partial charge in [0.25, 0.3) is 5.91 Å². The second-order valence-corrected chi connectivity index (χ2v) is 12.6. The molecule has 4 aromatic rings. The molecule has 5 N–H and O–H groups in total. The van der Waals surface area contributed by atoms with Crippen molar-refractivity contribution in [3.8, 4) is 28.4 Å². The van der Waals surface area contributed by atoms with Crippen LogP contribution in [-0.2, 0) is 17.9 Å². The summed E-state index contributed by atoms with van der Waals surface area (Å²) in [6.07, 6.45) is 4.72. The summed E-state index contributed by atoms with van der Waals surface area (Å²) >= 11 is 6.98. The van der Waals surface area contributed by atoms with Crippen LogP contribution in [0.2, 0.25) is 5.02 Å². The van der Waals surface area contributed by atoms with E-state index < -0.39 is 5.60 Å². The Kier molecular flexibility index (Phi) is 10.8. The van der Waals surface area contributed by atoms with Gasteiger partial charge in [0.05, 0.1) is 29.1 Å². The van der Waals surface area contributed by atoms with Crippen molar-refractivity contribution in [2.45, 2.75) is 58.3 Å². The van der Waals surface area contributed by atoms with Crippen molar-refractivity contribution in [2.75, 3.05) is 25.5 Å². The average Bonchev–Trinajstić information content (AvgIpc) is 3.47. The number of halogens is 1. The topological polar surface area (TPSA) is 150 Å². The molecule has 1 saturated heterocycles. The number of carbonyl (C=O) groups excluding carboxylic acids is 2. The molecule has 12 heteroatoms. The van der Waals surface area contributed by atoms with Crippen LogP contribution in [0.25, 0.3) is 22.5 Å². The van der Waals surface area contributed by atoms with Gasteiger partial charge in [-0.2, -0.15) is 0 Å². The molecule has 1 aromatic carbocycles. The third kappa shape index (κ3) is 8.69. The number of pyridine rings is 3. The first-order chi connectivity index (χ1) is 22.5. The Balaban J connectivity index is 1.29. The van der Waals surface area contributed by atoms with Gasteiger partial charge in [0.2, 0.25) is 11.8 Å². The van der Waals surface area contributed by atoms with Gasteiger partial charge in [-0.1, -0.05) is 35.9 Å². The molecule has 0 aliphatic carbocycles. The summed E-state index contributed by atoms with van der Waals surface area (Å²) in [6, 6.07) is 14.9. The lowest BCUT2D eigenvalue weighted by Gasteiger charge is -2.17. The molecule has 0 saturated carbocycles. The third-order valence-corrected chi connectivity index (χ3v) is 8.25. The highest BCUT2D eigenvalue weighted by Crippen LogP contribution is 2.38. The minimum Gasteiger partial charge on any atom is -0.481 e. The van der Waals surface area contributed by atoms with E-state index in [0.717, 1.165) is 28.7 Å². The van der Waals surface area contributed by atoms with Crippen molar-refractivity contribution in [2.24, 2.45) is 0 Å². The summed E-state index contributed by atoms with van der Waals surface area (Å²) in [5.41, 5.74) is 5.32. The van der Waals surface area contributed by atoms with E-state index in [9.17, 15) is 14.7 Å². The zero-order valence-corrected chi connectivity index (χ0v) is 27.7. The second-order valence-electron chi connectivity index (χ2n) is 12.2. The van der Waals surface area contributed by atoms with Crippen LogP contribution >= 0.6 is 11.6 Å². The van der Waals surface area contributed by atoms with E-state index in [1.165, 1.54) is 0 Å². The van der Waals surface area contributed by atoms with E-state index in [2.05, 4.69) is 31.2 Å². The lowest BCUT2D eigenvalue weighted by molar-refractivity contribution is -0.119. The highest BCUT2D eigenvalue weighted by atomic mass is 35.5. The SMILES string of the molecule is COc1nc(-c2ccnc(-c3cccc(NC(=O)c4ccc(CNCC(C)(C)O)cn4)c3C)c2Cl)ccc1CNC[C@@H]1CCC(=O)N1. The summed E-state index contributed by atoms with van der Waals surface area (Å²) in [5, 5.41) is 22.8. The van der Waals surface area contributed by atoms with Gasteiger partial charge in [-0.25, -0.2) is 4.98 Å². The van der Waals surface area contributed by atoms with Gasteiger partial charge in [-0.15, -0.1) is 0 Å². The van der Waals surface area contributed by atoms with Crippen molar-refractivity contribution in [1.29, 1.82) is 0 Å². The van der Waals surface area contributed by atoms with E-state index in [-0.39, 0.29) is 23.6 Å². The number of hydrogen-bond acceptors (Lipinski definition) is 9. The minimum absolute atomic E-state index is 0.0909. The van der Waals surface area contributed by atoms with Crippen molar-refractivity contribution >= 4 is 29.1 Å². The molecule has 1 aliphatic heterocycles. The quantitative estimate of drug-likeness (QED) is 0.138. The zero-order valence-electron chi connectivity index (χ0n) is 27.0. The molecule has 11 nitrogen and oxygen atoms in total. The molecule has 3 aromatic heterocycles. The Morgan fingerprint density at radius 3 is 2.62 bits per heavy atom. The Bertz CT molecular complexity index is 1740. The van der Waals surface area contributed by atoms with Crippen molar-refractivity contribution in [3.63, 3.8) is 0 Å². The molecule has 5 rings (SSSR count). The van der Waals surface area contributed by atoms with Crippen LogP contribution in [0.4, 0.5) is 5.69 Å². The molecule has 2 amide bonds. The van der Waals surface area contributed by atoms with Crippen LogP contribution in [0.3, 0.4) is 0 Å². The number of hydrogen-bond donors (Lipinski definition) is 5. The number of anilines is 1. The maximum atomic E-state index is 13.1. The lowest BCUT2D eigenvalue weighted by Crippen LogP contribution is -2.35. The highest BCUT2D eigenvalue weighted by molar-refractivity contribution is 6.35. The molecule has 47 heavy (non-hydrogen) atoms. The molecule has 0 radical (unpaired) electrons. The Morgan fingerprint density at radius 2 is 1.91 bits per heavy atom. The molecule has 246 valence electrons. The third-order valence-electron chi connectivity index (χ3n) is 7.87. The molecule has 0 unspecified atom stereocenters. The largest absolute Gasteiger partial charge is 0.481 e. The maximum absolute atomic E-state index is 13.1. The van der Waals surface area contributed by atoms with Crippen LogP contribution in [0, 0.1) is 6.92 Å². The Hall–Kier alpha value is -4.42. The molecular weight excluding hydrogens is 618 g/mol. The number of methoxy groups -OCH3 is 1. The van der Waals surface area contributed by atoms with E-state index in [4.69, 9.17) is 21.3 Å². The van der Waals surface area contributed by atoms with E-state index in [0.29, 0.717) is 66.1 Å². The molecule has 1 atom stereocenters. The Labute approximate surface area is 279 Å². The van der Waals surface area contributed by atoms with Gasteiger partial charge >= 0.3 is 0 Å². The summed E-state index contributed by atoms with van der Waals surface area (Å²) in [7, 11) is 1.58. The fraction of sp³-hybridized carbons (Fsp3) is 0.343. The number of rotatable bonds is 13. The van der Waals surface area contributed by atoms with Gasteiger partial charge < -0.3 is 31.1 Å². The maximum Gasteiger partial charge on any atom is 0.274 e. The first-order valence-corrected chi connectivity index (χ1v) is 15.9. The monoisotopic (exact) mass is 657 g/mol. The molecule has 1 aliphatic rings. The molecule has 0 spiro atoms. The number of nitrogens with zero attached hydrogens (tertiary/aromatic N) is 3. The first-order valence-electron chi connectivity index (χ1n) is 15.5. The number of aromatic nitrogens is 3. The second kappa shape index (κ2) is 15.0. The summed E-state index contributed by atoms with van der Waals surface area (Å²) in [5.74, 6) is 0.230. The van der Waals surface area contributed by atoms with Gasteiger partial charge in [-0.05, 0) is 62.6 Å². The van der Waals surface area contributed by atoms with Gasteiger partial charge in [0, 0.05) is 73.4 Å². The number of aliphatic hydroxyl groups is 1. The molecule has 4 heterocycles. The number of amides is 2. The first kappa shape index (κ1) is 33.9. The minimum atomic E-state index is -0.813. The normalized spacial score (nSPS) is 14.6. The molecule has 0 bridgehead atoms. The molecule has 1 fully saturated rings. The lowest BCUT2D eigenvalue weighted by atomic mass is 10.0. The van der Waals surface area contributed by atoms with Crippen molar-refractivity contribution in [3.05, 3.63) is 88.3 Å². The van der Waals surface area contributed by atoms with Crippen LogP contribution in [0.15, 0.2) is 60.9 Å². The van der Waals surface area contributed by atoms with Crippen LogP contribution in [0.1, 0.15) is 53.9 Å². The van der Waals surface area contributed by atoms with E-state index in [1.807, 2.05) is 49.4 Å². The average molecular weight is 658 g/mol. The van der Waals surface area contributed by atoms with E-state index >= 15 is 0 Å². The van der Waals surface area contributed by atoms with Gasteiger partial charge in [0.1, 0.15) is 5.69 Å². The fourth-order valence-electron chi connectivity index (χ4n) is 5.36. The number of carbonyl (C=O) groups is 2. The number of nitrogens with one attached hydrogen (secondary N) is 4. The van der Waals surface area contributed by atoms with Crippen molar-refractivity contribution in [1.82, 2.24) is 30.9 Å². The zero-order chi connectivity index (χ0) is 33.6. The van der Waals surface area contributed by atoms with E-state index in [1.54, 1.807) is 39.4 Å². The fourth-order valence-corrected chi connectivity index (χ4v) is 5.67. The predicted octanol–water partition coefficient (Wildman–Crippen LogP) is 4.66. The molecular formula is C35H40ClN7O4. The summed E-state index contributed by atoms with van der Waals surface area (Å²) in [6.45, 7) is 7.54. The highest BCUT2D eigenvalue weighted by Gasteiger charge is 2.21. The predicted molar refractivity (Wildman–Crippen MR) is 182 cm³/mol. The van der Waals surface area contributed by atoms with Crippen LogP contribution in [-0.4, -0.2) is 63.7 Å². The van der Waals surface area contributed by atoms with Gasteiger partial charge in [-0.3, -0.25) is 19.6 Å². The summed E-state index contributed by atoms with van der Waals surface area (Å²) < 4.78 is 5.61.